The molecule has 0 saturated carbocycles. The van der Waals surface area contributed by atoms with Gasteiger partial charge in [0.15, 0.2) is 0 Å². The van der Waals surface area contributed by atoms with Gasteiger partial charge >= 0.3 is 0 Å². The highest BCUT2D eigenvalue weighted by Crippen LogP contribution is 2.19. The van der Waals surface area contributed by atoms with Crippen molar-refractivity contribution in [2.24, 2.45) is 0 Å². The van der Waals surface area contributed by atoms with E-state index < -0.39 is 17.7 Å². The van der Waals surface area contributed by atoms with Crippen LogP contribution < -0.4 is 10.6 Å². The fourth-order valence-electron chi connectivity index (χ4n) is 2.87. The number of anilines is 1. The fourth-order valence-corrected chi connectivity index (χ4v) is 2.87. The van der Waals surface area contributed by atoms with Crippen LogP contribution in [0.3, 0.4) is 0 Å². The van der Waals surface area contributed by atoms with Crippen molar-refractivity contribution in [3.05, 3.63) is 77.0 Å². The third-order valence-corrected chi connectivity index (χ3v) is 4.38. The summed E-state index contributed by atoms with van der Waals surface area (Å²) in [5.41, 5.74) is 3.04. The molecule has 5 nitrogen and oxygen atoms in total. The number of carbonyl (C=O) groups is 1. The molecule has 1 aromatic heterocycles. The van der Waals surface area contributed by atoms with E-state index in [1.165, 1.54) is 12.1 Å². The molecule has 2 N–H and O–H groups in total. The van der Waals surface area contributed by atoms with Gasteiger partial charge in [-0.25, -0.2) is 13.5 Å². The average molecular weight is 384 g/mol. The van der Waals surface area contributed by atoms with Crippen LogP contribution in [-0.2, 0) is 4.79 Å². The first kappa shape index (κ1) is 19.7. The monoisotopic (exact) mass is 384 g/mol. The zero-order valence-electron chi connectivity index (χ0n) is 16.0. The number of nitrogens with zero attached hydrogens (tertiary/aromatic N) is 2. The lowest BCUT2D eigenvalue weighted by Crippen LogP contribution is -2.31. The molecular formula is C21H22F2N4O. The van der Waals surface area contributed by atoms with Crippen molar-refractivity contribution in [1.29, 1.82) is 0 Å². The van der Waals surface area contributed by atoms with E-state index in [1.54, 1.807) is 17.7 Å². The van der Waals surface area contributed by atoms with E-state index in [2.05, 4.69) is 15.7 Å². The molecule has 1 amide bonds. The van der Waals surface area contributed by atoms with Gasteiger partial charge in [-0.3, -0.25) is 4.79 Å². The standard InChI is InChI=1S/C21H22F2N4O/c1-13-4-7-17(8-5-13)27-20(10-14(2)26-27)25-21(28)12-24-15(3)18-9-6-16(22)11-19(18)23/h4-11,15,24H,12H2,1-3H3,(H,25,28)/t15-/m1/s1. The Morgan fingerprint density at radius 2 is 1.82 bits per heavy atom. The Hall–Kier alpha value is -3.06. The van der Waals surface area contributed by atoms with Crippen LogP contribution >= 0.6 is 0 Å². The molecule has 0 aliphatic carbocycles. The van der Waals surface area contributed by atoms with Gasteiger partial charge in [-0.1, -0.05) is 23.8 Å². The largest absolute Gasteiger partial charge is 0.309 e. The third-order valence-electron chi connectivity index (χ3n) is 4.38. The van der Waals surface area contributed by atoms with Gasteiger partial charge in [-0.15, -0.1) is 0 Å². The molecule has 0 fully saturated rings. The van der Waals surface area contributed by atoms with Crippen LogP contribution in [0.2, 0.25) is 0 Å². The van der Waals surface area contributed by atoms with Crippen molar-refractivity contribution >= 4 is 11.7 Å². The van der Waals surface area contributed by atoms with E-state index in [1.807, 2.05) is 38.1 Å². The summed E-state index contributed by atoms with van der Waals surface area (Å²) in [6.45, 7) is 5.52. The van der Waals surface area contributed by atoms with E-state index >= 15 is 0 Å². The first-order chi connectivity index (χ1) is 13.3. The molecule has 0 aliphatic heterocycles. The maximum atomic E-state index is 13.9. The summed E-state index contributed by atoms with van der Waals surface area (Å²) in [5, 5.41) is 10.2. The lowest BCUT2D eigenvalue weighted by Gasteiger charge is -2.15. The molecule has 146 valence electrons. The lowest BCUT2D eigenvalue weighted by molar-refractivity contribution is -0.115. The zero-order chi connectivity index (χ0) is 20.3. The van der Waals surface area contributed by atoms with Gasteiger partial charge in [-0.05, 0) is 39.0 Å². The molecule has 28 heavy (non-hydrogen) atoms. The van der Waals surface area contributed by atoms with Crippen molar-refractivity contribution < 1.29 is 13.6 Å². The van der Waals surface area contributed by atoms with Gasteiger partial charge in [0.05, 0.1) is 17.9 Å². The normalized spacial score (nSPS) is 12.0. The molecule has 3 rings (SSSR count). The molecule has 7 heteroatoms. The predicted octanol–water partition coefficient (Wildman–Crippen LogP) is 4.06. The Balaban J connectivity index is 1.66. The number of aryl methyl sites for hydroxylation is 2. The number of carbonyl (C=O) groups excluding carboxylic acids is 1. The molecule has 0 aliphatic rings. The SMILES string of the molecule is Cc1ccc(-n2nc(C)cc2NC(=O)CN[C@H](C)c2ccc(F)cc2F)cc1. The van der Waals surface area contributed by atoms with Crippen LogP contribution in [0, 0.1) is 25.5 Å². The van der Waals surface area contributed by atoms with Gasteiger partial charge in [0.2, 0.25) is 5.91 Å². The summed E-state index contributed by atoms with van der Waals surface area (Å²) in [4.78, 5) is 12.4. The Bertz CT molecular complexity index is 983. The maximum Gasteiger partial charge on any atom is 0.239 e. The van der Waals surface area contributed by atoms with Crippen LogP contribution in [0.1, 0.15) is 29.8 Å². The molecule has 2 aromatic carbocycles. The molecule has 1 atom stereocenters. The highest BCUT2D eigenvalue weighted by Gasteiger charge is 2.15. The van der Waals surface area contributed by atoms with Gasteiger partial charge in [0.1, 0.15) is 17.5 Å². The first-order valence-corrected chi connectivity index (χ1v) is 8.95. The second-order valence-electron chi connectivity index (χ2n) is 6.73. The van der Waals surface area contributed by atoms with E-state index in [0.29, 0.717) is 11.4 Å². The molecular weight excluding hydrogens is 362 g/mol. The van der Waals surface area contributed by atoms with Crippen molar-refractivity contribution in [2.75, 3.05) is 11.9 Å². The van der Waals surface area contributed by atoms with Crippen molar-refractivity contribution in [3.8, 4) is 5.69 Å². The fraction of sp³-hybridized carbons (Fsp3) is 0.238. The molecule has 0 radical (unpaired) electrons. The van der Waals surface area contributed by atoms with Crippen molar-refractivity contribution in [1.82, 2.24) is 15.1 Å². The number of aromatic nitrogens is 2. The van der Waals surface area contributed by atoms with E-state index in [0.717, 1.165) is 23.0 Å². The summed E-state index contributed by atoms with van der Waals surface area (Å²) < 4.78 is 28.6. The topological polar surface area (TPSA) is 59.0 Å². The molecule has 0 unspecified atom stereocenters. The quantitative estimate of drug-likeness (QED) is 0.674. The summed E-state index contributed by atoms with van der Waals surface area (Å²) in [7, 11) is 0. The average Bonchev–Trinajstić information content (AvgIpc) is 3.00. The number of benzene rings is 2. The van der Waals surface area contributed by atoms with E-state index in [4.69, 9.17) is 0 Å². The molecule has 3 aromatic rings. The minimum absolute atomic E-state index is 0.0316. The Labute approximate surface area is 162 Å². The lowest BCUT2D eigenvalue weighted by atomic mass is 10.1. The van der Waals surface area contributed by atoms with Gasteiger partial charge in [0.25, 0.3) is 0 Å². The number of hydrogen-bond acceptors (Lipinski definition) is 3. The molecule has 0 saturated heterocycles. The smallest absolute Gasteiger partial charge is 0.239 e. The summed E-state index contributed by atoms with van der Waals surface area (Å²) >= 11 is 0. The molecule has 1 heterocycles. The number of nitrogens with one attached hydrogen (secondary N) is 2. The highest BCUT2D eigenvalue weighted by molar-refractivity contribution is 5.91. The Morgan fingerprint density at radius 3 is 2.50 bits per heavy atom. The van der Waals surface area contributed by atoms with Gasteiger partial charge in [-0.2, -0.15) is 5.10 Å². The second kappa shape index (κ2) is 8.31. The van der Waals surface area contributed by atoms with Crippen LogP contribution in [0.15, 0.2) is 48.5 Å². The summed E-state index contributed by atoms with van der Waals surface area (Å²) in [5.74, 6) is -1.02. The highest BCUT2D eigenvalue weighted by atomic mass is 19.1. The predicted molar refractivity (Wildman–Crippen MR) is 104 cm³/mol. The molecule has 0 spiro atoms. The van der Waals surface area contributed by atoms with Crippen LogP contribution in [-0.4, -0.2) is 22.2 Å². The van der Waals surface area contributed by atoms with Crippen molar-refractivity contribution in [3.63, 3.8) is 0 Å². The minimum Gasteiger partial charge on any atom is -0.309 e. The summed E-state index contributed by atoms with van der Waals surface area (Å²) in [6, 6.07) is 12.5. The minimum atomic E-state index is -0.645. The number of rotatable bonds is 6. The van der Waals surface area contributed by atoms with E-state index in [-0.39, 0.29) is 12.5 Å². The Morgan fingerprint density at radius 1 is 1.11 bits per heavy atom. The maximum absolute atomic E-state index is 13.9. The molecule has 0 bridgehead atoms. The van der Waals surface area contributed by atoms with Gasteiger partial charge in [0, 0.05) is 23.7 Å². The number of halogens is 2. The van der Waals surface area contributed by atoms with Crippen LogP contribution in [0.4, 0.5) is 14.6 Å². The Kier molecular flexibility index (Phi) is 5.84. The van der Waals surface area contributed by atoms with Crippen LogP contribution in [0.25, 0.3) is 5.69 Å². The third kappa shape index (κ3) is 4.61. The first-order valence-electron chi connectivity index (χ1n) is 8.95. The zero-order valence-corrected chi connectivity index (χ0v) is 16.0. The number of hydrogen-bond donors (Lipinski definition) is 2. The number of amides is 1. The van der Waals surface area contributed by atoms with Crippen molar-refractivity contribution in [2.45, 2.75) is 26.8 Å². The van der Waals surface area contributed by atoms with Crippen LogP contribution in [0.5, 0.6) is 0 Å². The van der Waals surface area contributed by atoms with Gasteiger partial charge < -0.3 is 10.6 Å². The second-order valence-corrected chi connectivity index (χ2v) is 6.73. The van der Waals surface area contributed by atoms with E-state index in [9.17, 15) is 13.6 Å². The summed E-state index contributed by atoms with van der Waals surface area (Å²) in [6.07, 6.45) is 0.